The van der Waals surface area contributed by atoms with Crippen LogP contribution in [0.25, 0.3) is 10.9 Å². The number of hydrogen-bond donors (Lipinski definition) is 1. The van der Waals surface area contributed by atoms with E-state index in [-0.39, 0.29) is 11.7 Å². The molecule has 1 unspecified atom stereocenters. The second-order valence-corrected chi connectivity index (χ2v) is 9.40. The lowest BCUT2D eigenvalue weighted by atomic mass is 10.1. The van der Waals surface area contributed by atoms with Crippen LogP contribution in [0.5, 0.6) is 11.5 Å². The number of hydrogen-bond acceptors (Lipinski definition) is 6. The molecule has 4 aromatic rings. The van der Waals surface area contributed by atoms with Gasteiger partial charge in [0, 0.05) is 42.4 Å². The van der Waals surface area contributed by atoms with E-state index >= 15 is 0 Å². The van der Waals surface area contributed by atoms with E-state index in [9.17, 15) is 4.79 Å². The predicted molar refractivity (Wildman–Crippen MR) is 135 cm³/mol. The van der Waals surface area contributed by atoms with Gasteiger partial charge in [-0.2, -0.15) is 5.10 Å². The van der Waals surface area contributed by atoms with Crippen molar-refractivity contribution < 1.29 is 9.47 Å². The Labute approximate surface area is 202 Å². The number of nitrogens with zero attached hydrogens (tertiary/aromatic N) is 3. The highest BCUT2D eigenvalue weighted by atomic mass is 32.2. The van der Waals surface area contributed by atoms with E-state index in [2.05, 4.69) is 28.6 Å². The van der Waals surface area contributed by atoms with Gasteiger partial charge in [0.2, 0.25) is 0 Å². The summed E-state index contributed by atoms with van der Waals surface area (Å²) in [7, 11) is 1.91. The van der Waals surface area contributed by atoms with Crippen LogP contribution in [0.1, 0.15) is 16.8 Å². The van der Waals surface area contributed by atoms with Crippen LogP contribution in [-0.2, 0) is 26.7 Å². The number of aromatic nitrogens is 3. The zero-order valence-corrected chi connectivity index (χ0v) is 20.4. The van der Waals surface area contributed by atoms with Gasteiger partial charge in [-0.3, -0.25) is 9.48 Å². The standard InChI is InChI=1S/C26H28N4O3S/c1-17-20(14-29(2)28-17)13-27-12-19-10-18-8-9-22(34-3)11-23(18)30(26(19)31)15-21-16-32-24-6-4-5-7-25(24)33-21/h4-11,14,21,27H,12-13,15-16H2,1-3H3. The molecule has 0 fully saturated rings. The van der Waals surface area contributed by atoms with Crippen molar-refractivity contribution in [1.29, 1.82) is 0 Å². The molecular weight excluding hydrogens is 448 g/mol. The van der Waals surface area contributed by atoms with Crippen molar-refractivity contribution in [3.63, 3.8) is 0 Å². The van der Waals surface area contributed by atoms with Crippen molar-refractivity contribution in [2.24, 2.45) is 7.05 Å². The molecule has 1 aliphatic rings. The summed E-state index contributed by atoms with van der Waals surface area (Å²) in [5.41, 5.74) is 3.74. The van der Waals surface area contributed by atoms with Crippen molar-refractivity contribution in [2.45, 2.75) is 37.6 Å². The van der Waals surface area contributed by atoms with Gasteiger partial charge in [0.25, 0.3) is 5.56 Å². The first kappa shape index (κ1) is 22.6. The van der Waals surface area contributed by atoms with E-state index in [0.29, 0.717) is 32.0 Å². The maximum atomic E-state index is 13.6. The minimum Gasteiger partial charge on any atom is -0.486 e. The fraction of sp³-hybridized carbons (Fsp3) is 0.308. The smallest absolute Gasteiger partial charge is 0.255 e. The number of para-hydroxylation sites is 2. The normalized spacial score (nSPS) is 15.1. The van der Waals surface area contributed by atoms with E-state index in [1.165, 1.54) is 0 Å². The SMILES string of the molecule is CSc1ccc2cc(CNCc3cn(C)nc3C)c(=O)n(CC3COc4ccccc4O3)c2c1. The predicted octanol–water partition coefficient (Wildman–Crippen LogP) is 3.90. The molecule has 7 nitrogen and oxygen atoms in total. The number of aryl methyl sites for hydroxylation is 2. The largest absolute Gasteiger partial charge is 0.486 e. The zero-order chi connectivity index (χ0) is 23.7. The molecule has 0 spiro atoms. The number of thioether (sulfide) groups is 1. The third kappa shape index (κ3) is 4.56. The second-order valence-electron chi connectivity index (χ2n) is 8.52. The van der Waals surface area contributed by atoms with Gasteiger partial charge >= 0.3 is 0 Å². The molecule has 0 amide bonds. The third-order valence-corrected chi connectivity index (χ3v) is 6.80. The summed E-state index contributed by atoms with van der Waals surface area (Å²) in [6, 6.07) is 15.9. The number of pyridine rings is 1. The first-order chi connectivity index (χ1) is 16.5. The average Bonchev–Trinajstić information content (AvgIpc) is 3.17. The fourth-order valence-electron chi connectivity index (χ4n) is 4.36. The maximum absolute atomic E-state index is 13.6. The molecule has 176 valence electrons. The number of nitrogens with one attached hydrogen (secondary N) is 1. The van der Waals surface area contributed by atoms with E-state index in [1.807, 2.05) is 66.0 Å². The molecule has 8 heteroatoms. The summed E-state index contributed by atoms with van der Waals surface area (Å²) in [4.78, 5) is 14.7. The van der Waals surface area contributed by atoms with Gasteiger partial charge in [-0.25, -0.2) is 0 Å². The molecule has 1 aliphatic heterocycles. The Morgan fingerprint density at radius 1 is 1.12 bits per heavy atom. The van der Waals surface area contributed by atoms with Gasteiger partial charge in [-0.15, -0.1) is 11.8 Å². The molecule has 2 aromatic carbocycles. The van der Waals surface area contributed by atoms with Gasteiger partial charge in [-0.1, -0.05) is 18.2 Å². The molecule has 0 aliphatic carbocycles. The molecule has 5 rings (SSSR count). The number of ether oxygens (including phenoxy) is 2. The Morgan fingerprint density at radius 3 is 2.68 bits per heavy atom. The Hall–Kier alpha value is -3.23. The molecule has 1 atom stereocenters. The average molecular weight is 477 g/mol. The number of benzene rings is 2. The highest BCUT2D eigenvalue weighted by Crippen LogP contribution is 2.31. The lowest BCUT2D eigenvalue weighted by Crippen LogP contribution is -2.38. The molecule has 34 heavy (non-hydrogen) atoms. The van der Waals surface area contributed by atoms with Crippen LogP contribution in [0.15, 0.2) is 64.4 Å². The Morgan fingerprint density at radius 2 is 1.91 bits per heavy atom. The Bertz CT molecular complexity index is 1390. The summed E-state index contributed by atoms with van der Waals surface area (Å²) in [6.45, 7) is 3.93. The van der Waals surface area contributed by atoms with Gasteiger partial charge < -0.3 is 19.4 Å². The fourth-order valence-corrected chi connectivity index (χ4v) is 4.79. The van der Waals surface area contributed by atoms with E-state index in [1.54, 1.807) is 11.8 Å². The van der Waals surface area contributed by atoms with Crippen LogP contribution in [0, 0.1) is 6.92 Å². The quantitative estimate of drug-likeness (QED) is 0.408. The van der Waals surface area contributed by atoms with Crippen LogP contribution in [0.2, 0.25) is 0 Å². The summed E-state index contributed by atoms with van der Waals surface area (Å²) in [5, 5.41) is 8.84. The van der Waals surface area contributed by atoms with Crippen LogP contribution < -0.4 is 20.3 Å². The molecular formula is C26H28N4O3S. The Balaban J connectivity index is 1.44. The second kappa shape index (κ2) is 9.56. The number of fused-ring (bicyclic) bond motifs is 2. The summed E-state index contributed by atoms with van der Waals surface area (Å²) in [5.74, 6) is 1.45. The lowest BCUT2D eigenvalue weighted by Gasteiger charge is -2.27. The van der Waals surface area contributed by atoms with Gasteiger partial charge in [0.05, 0.1) is 17.8 Å². The summed E-state index contributed by atoms with van der Waals surface area (Å²) in [6.07, 6.45) is 3.79. The highest BCUT2D eigenvalue weighted by molar-refractivity contribution is 7.98. The topological polar surface area (TPSA) is 70.3 Å². The van der Waals surface area contributed by atoms with Crippen molar-refractivity contribution in [2.75, 3.05) is 12.9 Å². The van der Waals surface area contributed by atoms with Crippen molar-refractivity contribution in [3.05, 3.63) is 81.9 Å². The third-order valence-electron chi connectivity index (χ3n) is 6.08. The van der Waals surface area contributed by atoms with Crippen molar-refractivity contribution in [1.82, 2.24) is 19.7 Å². The van der Waals surface area contributed by atoms with E-state index in [4.69, 9.17) is 9.47 Å². The molecule has 0 saturated heterocycles. The van der Waals surface area contributed by atoms with E-state index in [0.717, 1.165) is 38.4 Å². The van der Waals surface area contributed by atoms with Gasteiger partial charge in [0.1, 0.15) is 6.61 Å². The first-order valence-electron chi connectivity index (χ1n) is 11.3. The summed E-state index contributed by atoms with van der Waals surface area (Å²) < 4.78 is 15.7. The van der Waals surface area contributed by atoms with E-state index < -0.39 is 0 Å². The monoisotopic (exact) mass is 476 g/mol. The minimum absolute atomic E-state index is 0.0105. The van der Waals surface area contributed by atoms with Crippen molar-refractivity contribution >= 4 is 22.7 Å². The lowest BCUT2D eigenvalue weighted by molar-refractivity contribution is 0.0787. The Kier molecular flexibility index (Phi) is 6.34. The number of rotatable bonds is 7. The molecule has 0 bridgehead atoms. The van der Waals surface area contributed by atoms with Crippen molar-refractivity contribution in [3.8, 4) is 11.5 Å². The molecule has 2 aromatic heterocycles. The van der Waals surface area contributed by atoms with Crippen LogP contribution >= 0.6 is 11.8 Å². The zero-order valence-electron chi connectivity index (χ0n) is 19.6. The molecule has 3 heterocycles. The van der Waals surface area contributed by atoms with Gasteiger partial charge in [-0.05, 0) is 48.9 Å². The molecule has 0 radical (unpaired) electrons. The van der Waals surface area contributed by atoms with Crippen LogP contribution in [0.4, 0.5) is 0 Å². The maximum Gasteiger partial charge on any atom is 0.255 e. The minimum atomic E-state index is -0.255. The highest BCUT2D eigenvalue weighted by Gasteiger charge is 2.23. The molecule has 0 saturated carbocycles. The van der Waals surface area contributed by atoms with Gasteiger partial charge in [0.15, 0.2) is 17.6 Å². The van der Waals surface area contributed by atoms with Crippen LogP contribution in [0.3, 0.4) is 0 Å². The molecule has 1 N–H and O–H groups in total. The first-order valence-corrected chi connectivity index (χ1v) is 12.5. The van der Waals surface area contributed by atoms with Crippen LogP contribution in [-0.4, -0.2) is 33.3 Å². The summed E-state index contributed by atoms with van der Waals surface area (Å²) >= 11 is 1.66.